The fourth-order valence-corrected chi connectivity index (χ4v) is 2.94. The van der Waals surface area contributed by atoms with E-state index >= 15 is 0 Å². The van der Waals surface area contributed by atoms with Gasteiger partial charge in [0.1, 0.15) is 0 Å². The Morgan fingerprint density at radius 1 is 0.500 bits per heavy atom. The van der Waals surface area contributed by atoms with Gasteiger partial charge in [-0.2, -0.15) is 0 Å². The molecule has 0 spiro atoms. The van der Waals surface area contributed by atoms with Crippen molar-refractivity contribution in [2.45, 2.75) is 117 Å². The van der Waals surface area contributed by atoms with Crippen LogP contribution < -0.4 is 12.4 Å². The summed E-state index contributed by atoms with van der Waals surface area (Å²) in [6.45, 7) is 6.02. The molecule has 0 saturated carbocycles. The Morgan fingerprint density at radius 3 is 1.04 bits per heavy atom. The molecule has 0 aliphatic carbocycles. The third-order valence-corrected chi connectivity index (χ3v) is 4.69. The van der Waals surface area contributed by atoms with Crippen LogP contribution in [0.2, 0.25) is 0 Å². The summed E-state index contributed by atoms with van der Waals surface area (Å²) in [5.74, 6) is 0. The van der Waals surface area contributed by atoms with Crippen LogP contribution in [0.15, 0.2) is 0 Å². The molecule has 0 amide bonds. The molecule has 0 aliphatic heterocycles. The first-order chi connectivity index (χ1) is 12.0. The van der Waals surface area contributed by atoms with Crippen molar-refractivity contribution in [1.29, 1.82) is 0 Å². The summed E-state index contributed by atoms with van der Waals surface area (Å²) in [4.78, 5) is 0. The summed E-state index contributed by atoms with van der Waals surface area (Å²) >= 11 is 0. The van der Waals surface area contributed by atoms with E-state index in [0.717, 1.165) is 17.3 Å². The first-order valence-corrected chi connectivity index (χ1v) is 11.4. The van der Waals surface area contributed by atoms with Gasteiger partial charge in [0.15, 0.2) is 0 Å². The maximum Gasteiger partial charge on any atom is 0.0780 e. The van der Waals surface area contributed by atoms with Gasteiger partial charge >= 0.3 is 0 Å². The van der Waals surface area contributed by atoms with Gasteiger partial charge in [-0.25, -0.2) is 0 Å². The number of aliphatic hydroxyl groups excluding tert-OH is 1. The molecule has 0 aromatic heterocycles. The van der Waals surface area contributed by atoms with Crippen LogP contribution in [0.1, 0.15) is 117 Å². The lowest BCUT2D eigenvalue weighted by atomic mass is 10.0. The van der Waals surface area contributed by atoms with E-state index in [-0.39, 0.29) is 12.4 Å². The quantitative estimate of drug-likeness (QED) is 0.293. The van der Waals surface area contributed by atoms with Crippen molar-refractivity contribution in [3.05, 3.63) is 0 Å². The monoisotopic (exact) mass is 393 g/mol. The molecule has 0 aromatic rings. The highest BCUT2D eigenvalue weighted by Gasteiger charge is 2.04. The first-order valence-electron chi connectivity index (χ1n) is 11.4. The Labute approximate surface area is 173 Å². The Kier molecular flexibility index (Phi) is 30.0. The van der Waals surface area contributed by atoms with E-state index < -0.39 is 0 Å². The van der Waals surface area contributed by atoms with Crippen molar-refractivity contribution < 1.29 is 22.0 Å². The van der Waals surface area contributed by atoms with Gasteiger partial charge in [-0.1, -0.05) is 97.3 Å². The molecule has 26 heavy (non-hydrogen) atoms. The van der Waals surface area contributed by atoms with Crippen molar-refractivity contribution in [1.82, 2.24) is 0 Å². The normalized spacial score (nSPS) is 10.8. The second-order valence-electron chi connectivity index (χ2n) is 8.69. The van der Waals surface area contributed by atoms with Gasteiger partial charge in [-0.15, -0.1) is 0 Å². The Hall–Kier alpha value is 0.210. The largest absolute Gasteiger partial charge is 1.00 e. The van der Waals surface area contributed by atoms with Crippen LogP contribution in [-0.2, 0) is 0 Å². The molecule has 0 bridgehead atoms. The molecule has 0 rings (SSSR count). The average molecular weight is 394 g/mol. The minimum atomic E-state index is 0. The molecule has 0 heterocycles. The maximum atomic E-state index is 8.07. The molecule has 0 atom stereocenters. The van der Waals surface area contributed by atoms with Crippen LogP contribution in [0.25, 0.3) is 0 Å². The second-order valence-corrected chi connectivity index (χ2v) is 8.69. The molecule has 1 N–H and O–H groups in total. The van der Waals surface area contributed by atoms with Gasteiger partial charge in [-0.3, -0.25) is 0 Å². The average Bonchev–Trinajstić information content (AvgIpc) is 2.55. The van der Waals surface area contributed by atoms with Crippen molar-refractivity contribution in [3.63, 3.8) is 0 Å². The lowest BCUT2D eigenvalue weighted by Gasteiger charge is -2.23. The van der Waals surface area contributed by atoms with Crippen LogP contribution in [0.3, 0.4) is 0 Å². The molecule has 162 valence electrons. The number of hydrogen-bond acceptors (Lipinski definition) is 1. The van der Waals surface area contributed by atoms with E-state index in [0.29, 0.717) is 6.61 Å². The second kappa shape index (κ2) is 25.2. The maximum absolute atomic E-state index is 8.07. The number of rotatable bonds is 17. The molecule has 0 unspecified atom stereocenters. The Morgan fingerprint density at radius 2 is 0.808 bits per heavy atom. The van der Waals surface area contributed by atoms with Gasteiger partial charge in [0.05, 0.1) is 27.7 Å². The minimum absolute atomic E-state index is 0. The summed E-state index contributed by atoms with van der Waals surface area (Å²) in [6.07, 6.45) is 22.4. The van der Waals surface area contributed by atoms with E-state index in [4.69, 9.17) is 5.11 Å². The topological polar surface area (TPSA) is 20.2 Å². The van der Waals surface area contributed by atoms with Gasteiger partial charge in [0, 0.05) is 6.61 Å². The van der Waals surface area contributed by atoms with Gasteiger partial charge in [-0.05, 0) is 19.3 Å². The molecular weight excluding hydrogens is 342 g/mol. The molecule has 2 nitrogen and oxygen atoms in total. The van der Waals surface area contributed by atoms with Crippen LogP contribution in [0, 0.1) is 0 Å². The predicted molar refractivity (Wildman–Crippen MR) is 115 cm³/mol. The Bertz CT molecular complexity index is 227. The number of nitrogens with zero attached hydrogens (tertiary/aromatic N) is 1. The zero-order chi connectivity index (χ0) is 19.2. The smallest absolute Gasteiger partial charge is 0.0780 e. The Balaban J connectivity index is -0.000000772. The highest BCUT2D eigenvalue weighted by molar-refractivity contribution is 4.49. The molecule has 0 radical (unpaired) electrons. The first kappa shape index (κ1) is 30.9. The summed E-state index contributed by atoms with van der Waals surface area (Å²) in [5.41, 5.74) is 0. The third-order valence-electron chi connectivity index (χ3n) is 4.69. The van der Waals surface area contributed by atoms with E-state index in [1.807, 2.05) is 0 Å². The van der Waals surface area contributed by atoms with Crippen LogP contribution in [-0.4, -0.2) is 43.9 Å². The number of hydrogen-bond donors (Lipinski definition) is 1. The highest BCUT2D eigenvalue weighted by atomic mass is 35.5. The molecule has 0 aromatic carbocycles. The fourth-order valence-electron chi connectivity index (χ4n) is 2.94. The van der Waals surface area contributed by atoms with Crippen LogP contribution in [0.4, 0.5) is 0 Å². The fraction of sp³-hybridized carbons (Fsp3) is 1.00. The van der Waals surface area contributed by atoms with Gasteiger partial charge in [0.25, 0.3) is 0 Å². The summed E-state index contributed by atoms with van der Waals surface area (Å²) in [7, 11) is 6.88. The molecule has 3 heteroatoms. The van der Waals surface area contributed by atoms with E-state index in [1.54, 1.807) is 0 Å². The lowest BCUT2D eigenvalue weighted by molar-refractivity contribution is -0.870. The van der Waals surface area contributed by atoms with Crippen molar-refractivity contribution in [2.24, 2.45) is 0 Å². The summed E-state index contributed by atoms with van der Waals surface area (Å²) in [5, 5.41) is 8.07. The van der Waals surface area contributed by atoms with Gasteiger partial charge in [0.2, 0.25) is 0 Å². The van der Waals surface area contributed by atoms with Crippen molar-refractivity contribution in [2.75, 3.05) is 34.3 Å². The lowest BCUT2D eigenvalue weighted by Crippen LogP contribution is -3.00. The SMILES string of the molecule is CCCCCCCCCCCCCCCC[N+](C)(C)C.CCCCO.[Cl-]. The minimum Gasteiger partial charge on any atom is -1.00 e. The van der Waals surface area contributed by atoms with Crippen LogP contribution >= 0.6 is 0 Å². The molecular formula is C23H52ClNO. The van der Waals surface area contributed by atoms with Gasteiger partial charge < -0.3 is 22.0 Å². The standard InChI is InChI=1S/C19H42N.C4H10O.ClH/c1-5-6-7-8-9-10-11-12-13-14-15-16-17-18-19-20(2,3)4;1-2-3-4-5;/h5-19H2,1-4H3;5H,2-4H2,1H3;1H/q+1;;/p-1. The predicted octanol–water partition coefficient (Wildman–Crippen LogP) is 3.96. The molecule has 0 fully saturated rings. The number of halogens is 1. The number of quaternary nitrogens is 1. The summed E-state index contributed by atoms with van der Waals surface area (Å²) < 4.78 is 1.12. The van der Waals surface area contributed by atoms with E-state index in [2.05, 4.69) is 35.0 Å². The third kappa shape index (κ3) is 35.3. The zero-order valence-corrected chi connectivity index (χ0v) is 19.8. The molecule has 0 saturated heterocycles. The van der Waals surface area contributed by atoms with Crippen molar-refractivity contribution in [3.8, 4) is 0 Å². The van der Waals surface area contributed by atoms with Crippen LogP contribution in [0.5, 0.6) is 0 Å². The van der Waals surface area contributed by atoms with E-state index in [9.17, 15) is 0 Å². The number of aliphatic hydroxyl groups is 1. The number of unbranched alkanes of at least 4 members (excludes halogenated alkanes) is 14. The summed E-state index contributed by atoms with van der Waals surface area (Å²) in [6, 6.07) is 0. The highest BCUT2D eigenvalue weighted by Crippen LogP contribution is 2.13. The zero-order valence-electron chi connectivity index (χ0n) is 19.0. The van der Waals surface area contributed by atoms with E-state index in [1.165, 1.54) is 96.4 Å². The molecule has 0 aliphatic rings. The van der Waals surface area contributed by atoms with Crippen molar-refractivity contribution >= 4 is 0 Å².